The molecule has 37 heavy (non-hydrogen) atoms. The van der Waals surface area contributed by atoms with Crippen molar-refractivity contribution in [2.75, 3.05) is 13.7 Å². The zero-order valence-corrected chi connectivity index (χ0v) is 21.7. The lowest BCUT2D eigenvalue weighted by Crippen LogP contribution is -2.46. The lowest BCUT2D eigenvalue weighted by Gasteiger charge is -2.27. The van der Waals surface area contributed by atoms with Gasteiger partial charge in [-0.1, -0.05) is 18.2 Å². The maximum absolute atomic E-state index is 13.8. The number of hydrogen-bond acceptors (Lipinski definition) is 11. The van der Waals surface area contributed by atoms with Crippen molar-refractivity contribution in [3.63, 3.8) is 0 Å². The van der Waals surface area contributed by atoms with Crippen LogP contribution in [0.4, 0.5) is 0 Å². The van der Waals surface area contributed by atoms with Crippen molar-refractivity contribution in [1.82, 2.24) is 14.6 Å². The molecular weight excluding hydrogens is 509 g/mol. The van der Waals surface area contributed by atoms with Crippen molar-refractivity contribution in [1.29, 1.82) is 0 Å². The summed E-state index contributed by atoms with van der Waals surface area (Å²) in [5.41, 5.74) is -3.34. The highest BCUT2D eigenvalue weighted by atomic mass is 31.2. The molecule has 3 rings (SSSR count). The molecule has 1 aromatic heterocycles. The fraction of sp³-hybridized carbons (Fsp3) is 0.522. The predicted octanol–water partition coefficient (Wildman–Crippen LogP) is 1.39. The first kappa shape index (κ1) is 24.5. The average Bonchev–Trinajstić information content (AvgIpc) is 3.09. The van der Waals surface area contributed by atoms with Gasteiger partial charge in [0.25, 0.3) is 0 Å². The van der Waals surface area contributed by atoms with E-state index >= 15 is 0 Å². The molecule has 6 atom stereocenters. The number of carbonyl (C=O) groups is 1. The van der Waals surface area contributed by atoms with Crippen LogP contribution in [0.1, 0.15) is 38.0 Å². The summed E-state index contributed by atoms with van der Waals surface area (Å²) in [6.07, 6.45) is -5.41. The zero-order valence-electron chi connectivity index (χ0n) is 23.9. The van der Waals surface area contributed by atoms with Gasteiger partial charge in [0.05, 0.1) is 23.9 Å². The number of rotatable bonds is 11. The number of benzene rings is 1. The van der Waals surface area contributed by atoms with E-state index in [1.807, 2.05) is 0 Å². The summed E-state index contributed by atoms with van der Waals surface area (Å²) in [5, 5.41) is 24.2. The summed E-state index contributed by atoms with van der Waals surface area (Å²) in [6.45, 7) is 2.42. The van der Waals surface area contributed by atoms with E-state index in [0.29, 0.717) is 4.57 Å². The largest absolute Gasteiger partial charge is 0.481 e. The monoisotopic (exact) mass is 544 g/mol. The van der Waals surface area contributed by atoms with Crippen molar-refractivity contribution in [2.24, 2.45) is 0 Å². The maximum atomic E-state index is 13.8. The smallest absolute Gasteiger partial charge is 0.459 e. The minimum Gasteiger partial charge on any atom is -0.481 e. The summed E-state index contributed by atoms with van der Waals surface area (Å²) in [7, 11) is -3.58. The molecule has 1 saturated heterocycles. The van der Waals surface area contributed by atoms with Gasteiger partial charge in [0, 0.05) is 12.2 Å². The summed E-state index contributed by atoms with van der Waals surface area (Å²) in [5.74, 6) is -1.13. The van der Waals surface area contributed by atoms with Gasteiger partial charge in [0.1, 0.15) is 29.6 Å². The molecule has 1 aliphatic heterocycles. The third kappa shape index (κ3) is 6.95. The molecule has 0 bridgehead atoms. The Balaban J connectivity index is 1.94. The van der Waals surface area contributed by atoms with Crippen molar-refractivity contribution >= 4 is 13.7 Å². The highest BCUT2D eigenvalue weighted by Crippen LogP contribution is 2.46. The van der Waals surface area contributed by atoms with Crippen LogP contribution in [0.3, 0.4) is 0 Å². The van der Waals surface area contributed by atoms with Crippen molar-refractivity contribution in [2.45, 2.75) is 63.9 Å². The molecule has 14 heteroatoms. The SMILES string of the molecule is [2H]c1cn([C@@H]2O[C@H](C([2H])([2H])O[P@@](=O)(NC(C)C(=O)OC(C)C)Oc3ccccc3)[C@@H](O)[C@@]2(C)O)c(=O)nc1OC. The van der Waals surface area contributed by atoms with Crippen molar-refractivity contribution in [3.8, 4) is 11.6 Å². The molecule has 0 saturated carbocycles. The van der Waals surface area contributed by atoms with E-state index in [-0.39, 0.29) is 17.7 Å². The van der Waals surface area contributed by atoms with Gasteiger partial charge in [-0.25, -0.2) is 9.36 Å². The van der Waals surface area contributed by atoms with Crippen molar-refractivity contribution in [3.05, 3.63) is 53.1 Å². The molecule has 13 nitrogen and oxygen atoms in total. The van der Waals surface area contributed by atoms with Gasteiger partial charge in [-0.3, -0.25) is 13.9 Å². The van der Waals surface area contributed by atoms with E-state index in [2.05, 4.69) is 10.1 Å². The first-order valence-corrected chi connectivity index (χ1v) is 12.8. The molecular formula is C23H32N3O10P. The molecule has 1 unspecified atom stereocenters. The van der Waals surface area contributed by atoms with Gasteiger partial charge >= 0.3 is 19.4 Å². The summed E-state index contributed by atoms with van der Waals surface area (Å²) in [6, 6.07) is 5.93. The fourth-order valence-electron chi connectivity index (χ4n) is 3.31. The second-order valence-corrected chi connectivity index (χ2v) is 10.2. The Morgan fingerprint density at radius 2 is 2.05 bits per heavy atom. The number of aliphatic hydroxyl groups excluding tert-OH is 1. The zero-order chi connectivity index (χ0) is 30.0. The molecule has 0 aliphatic carbocycles. The van der Waals surface area contributed by atoms with E-state index in [1.54, 1.807) is 32.0 Å². The van der Waals surface area contributed by atoms with E-state index in [4.69, 9.17) is 27.4 Å². The maximum Gasteiger partial charge on any atom is 0.459 e. The molecule has 0 amide bonds. The number of methoxy groups -OCH3 is 1. The lowest BCUT2D eigenvalue weighted by molar-refractivity contribution is -0.149. The Hall–Kier alpha value is -2.80. The third-order valence-corrected chi connectivity index (χ3v) is 6.67. The number of nitrogens with one attached hydrogen (secondary N) is 1. The number of esters is 1. The van der Waals surface area contributed by atoms with Crippen LogP contribution in [0.25, 0.3) is 0 Å². The fourth-order valence-corrected chi connectivity index (χ4v) is 4.67. The van der Waals surface area contributed by atoms with Crippen LogP contribution in [0.5, 0.6) is 11.6 Å². The molecule has 0 spiro atoms. The molecule has 2 aromatic rings. The second-order valence-electron chi connectivity index (χ2n) is 8.61. The average molecular weight is 545 g/mol. The second kappa shape index (κ2) is 11.7. The van der Waals surface area contributed by atoms with Crippen LogP contribution >= 0.6 is 7.75 Å². The minimum absolute atomic E-state index is 0.00448. The van der Waals surface area contributed by atoms with Gasteiger partial charge in [0.2, 0.25) is 5.88 Å². The van der Waals surface area contributed by atoms with Gasteiger partial charge in [-0.2, -0.15) is 10.1 Å². The number of para-hydroxylation sites is 1. The predicted molar refractivity (Wildman–Crippen MR) is 130 cm³/mol. The number of carbonyl (C=O) groups excluding carboxylic acids is 1. The Labute approximate surface area is 218 Å². The van der Waals surface area contributed by atoms with E-state index in [0.717, 1.165) is 13.1 Å². The number of hydrogen-bond donors (Lipinski definition) is 3. The molecule has 0 radical (unpaired) electrons. The van der Waals surface area contributed by atoms with Crippen LogP contribution < -0.4 is 20.0 Å². The Morgan fingerprint density at radius 3 is 2.68 bits per heavy atom. The normalized spacial score (nSPS) is 27.5. The molecule has 1 fully saturated rings. The number of aromatic nitrogens is 2. The topological polar surface area (TPSA) is 168 Å². The van der Waals surface area contributed by atoms with Crippen LogP contribution in [0, 0.1) is 0 Å². The first-order valence-electron chi connectivity index (χ1n) is 12.7. The highest BCUT2D eigenvalue weighted by molar-refractivity contribution is 7.52. The Kier molecular flexibility index (Phi) is 7.77. The highest BCUT2D eigenvalue weighted by Gasteiger charge is 2.54. The van der Waals surface area contributed by atoms with Crippen LogP contribution in [-0.2, 0) is 23.4 Å². The molecule has 1 aliphatic rings. The third-order valence-electron chi connectivity index (χ3n) is 5.17. The molecule has 1 aromatic carbocycles. The number of aliphatic hydroxyl groups is 2. The van der Waals surface area contributed by atoms with E-state index in [9.17, 15) is 24.4 Å². The number of ether oxygens (including phenoxy) is 3. The van der Waals surface area contributed by atoms with E-state index in [1.165, 1.54) is 26.2 Å². The molecule has 2 heterocycles. The van der Waals surface area contributed by atoms with E-state index < -0.39 is 62.1 Å². The lowest BCUT2D eigenvalue weighted by atomic mass is 9.96. The van der Waals surface area contributed by atoms with Crippen molar-refractivity contribution < 1.29 is 46.9 Å². The standard InChI is InChI=1S/C23H32N3O10P/c1-14(2)34-20(28)15(3)25-37(31,36-16-9-7-6-8-10-16)33-13-17-19(27)23(4,30)21(35-17)26-12-11-18(32-5)24-22(26)29/h6-12,14-15,17,19,21,27,30H,13H2,1-5H3,(H,25,31)/t15?,17-,19-,21-,23-,37+/m1/s1/i11D,13D2. The van der Waals surface area contributed by atoms with Crippen LogP contribution in [-0.4, -0.2) is 69.4 Å². The Bertz CT molecular complexity index is 1310. The van der Waals surface area contributed by atoms with Gasteiger partial charge in [-0.05, 0) is 39.8 Å². The minimum atomic E-state index is -4.78. The summed E-state index contributed by atoms with van der Waals surface area (Å²) in [4.78, 5) is 28.5. The van der Waals surface area contributed by atoms with Gasteiger partial charge in [-0.15, -0.1) is 0 Å². The van der Waals surface area contributed by atoms with Gasteiger partial charge < -0.3 is 28.9 Å². The summed E-state index contributed by atoms with van der Waals surface area (Å²) < 4.78 is 65.7. The first-order chi connectivity index (χ1) is 18.5. The molecule has 3 N–H and O–H groups in total. The summed E-state index contributed by atoms with van der Waals surface area (Å²) >= 11 is 0. The van der Waals surface area contributed by atoms with Crippen LogP contribution in [0.2, 0.25) is 0 Å². The number of nitrogens with zero attached hydrogens (tertiary/aromatic N) is 2. The quantitative estimate of drug-likeness (QED) is 0.275. The van der Waals surface area contributed by atoms with Crippen LogP contribution in [0.15, 0.2) is 47.4 Å². The molecule has 204 valence electrons. The van der Waals surface area contributed by atoms with Gasteiger partial charge in [0.15, 0.2) is 6.23 Å². The Morgan fingerprint density at radius 1 is 1.38 bits per heavy atom.